The molecule has 0 N–H and O–H groups in total. The molecule has 32 heavy (non-hydrogen) atoms. The van der Waals surface area contributed by atoms with E-state index in [1.54, 1.807) is 37.3 Å². The Morgan fingerprint density at radius 3 is 2.41 bits per heavy atom. The van der Waals surface area contributed by atoms with Gasteiger partial charge in [-0.05, 0) is 36.2 Å². The summed E-state index contributed by atoms with van der Waals surface area (Å²) < 4.78 is 16.4. The molecule has 0 aliphatic heterocycles. The zero-order valence-electron chi connectivity index (χ0n) is 17.5. The van der Waals surface area contributed by atoms with Crippen molar-refractivity contribution >= 4 is 29.7 Å². The second kappa shape index (κ2) is 9.54. The molecule has 5 nitrogen and oxygen atoms in total. The van der Waals surface area contributed by atoms with E-state index in [1.807, 2.05) is 54.6 Å². The maximum atomic E-state index is 13.0. The molecule has 0 bridgehead atoms. The summed E-state index contributed by atoms with van der Waals surface area (Å²) >= 11 is 6.28. The third-order valence-corrected chi connectivity index (χ3v) is 5.18. The van der Waals surface area contributed by atoms with Crippen LogP contribution in [-0.2, 0) is 0 Å². The number of hydrogen-bond donors (Lipinski definition) is 0. The molecule has 3 aromatic carbocycles. The summed E-state index contributed by atoms with van der Waals surface area (Å²) in [4.78, 5) is 13.0. The maximum Gasteiger partial charge on any atom is 0.349 e. The Balaban J connectivity index is 1.60. The highest BCUT2D eigenvalue weighted by Crippen LogP contribution is 2.34. The van der Waals surface area contributed by atoms with Crippen molar-refractivity contribution in [2.45, 2.75) is 6.92 Å². The van der Waals surface area contributed by atoms with Crippen LogP contribution in [0.4, 0.5) is 0 Å². The van der Waals surface area contributed by atoms with Gasteiger partial charge in [-0.1, -0.05) is 83.5 Å². The molecule has 0 amide bonds. The minimum absolute atomic E-state index is 0.216. The number of carbonyl (C=O) groups is 1. The Hall–Kier alpha value is -3.83. The predicted molar refractivity (Wildman–Crippen MR) is 125 cm³/mol. The van der Waals surface area contributed by atoms with Crippen molar-refractivity contribution in [3.8, 4) is 22.8 Å². The van der Waals surface area contributed by atoms with E-state index < -0.39 is 5.97 Å². The molecule has 0 saturated heterocycles. The van der Waals surface area contributed by atoms with Gasteiger partial charge in [-0.3, -0.25) is 0 Å². The zero-order chi connectivity index (χ0) is 22.5. The van der Waals surface area contributed by atoms with Crippen molar-refractivity contribution in [1.82, 2.24) is 5.16 Å². The summed E-state index contributed by atoms with van der Waals surface area (Å²) in [6, 6.07) is 22.4. The fraction of sp³-hybridized carbons (Fsp3) is 0.0769. The number of methoxy groups -OCH3 is 1. The molecule has 0 radical (unpaired) electrons. The molecule has 0 saturated carbocycles. The predicted octanol–water partition coefficient (Wildman–Crippen LogP) is 6.70. The van der Waals surface area contributed by atoms with Gasteiger partial charge in [0.25, 0.3) is 0 Å². The number of hydrogen-bond acceptors (Lipinski definition) is 5. The molecule has 1 heterocycles. The lowest BCUT2D eigenvalue weighted by molar-refractivity contribution is 0.0728. The summed E-state index contributed by atoms with van der Waals surface area (Å²) in [6.45, 7) is 1.65. The van der Waals surface area contributed by atoms with Crippen LogP contribution >= 0.6 is 11.6 Å². The second-order valence-electron chi connectivity index (χ2n) is 6.99. The highest BCUT2D eigenvalue weighted by Gasteiger charge is 2.25. The molecule has 1 aromatic heterocycles. The highest BCUT2D eigenvalue weighted by atomic mass is 35.5. The Morgan fingerprint density at radius 2 is 1.66 bits per heavy atom. The van der Waals surface area contributed by atoms with Crippen LogP contribution in [0.3, 0.4) is 0 Å². The van der Waals surface area contributed by atoms with E-state index >= 15 is 0 Å². The number of benzene rings is 3. The standard InChI is InChI=1S/C26H20ClNO4/c1-17-24(25(28-32-17)20-10-6-7-11-21(20)27)26(29)31-22-15-14-19(16-23(22)30-2)13-12-18-8-4-3-5-9-18/h3-16H,1-2H3/b13-12+. The van der Waals surface area contributed by atoms with Crippen LogP contribution in [-0.4, -0.2) is 18.2 Å². The summed E-state index contributed by atoms with van der Waals surface area (Å²) in [5.41, 5.74) is 3.12. The van der Waals surface area contributed by atoms with E-state index in [4.69, 9.17) is 25.6 Å². The number of aryl methyl sites for hydroxylation is 1. The molecule has 0 atom stereocenters. The average molecular weight is 446 g/mol. The molecule has 4 rings (SSSR count). The van der Waals surface area contributed by atoms with Gasteiger partial charge >= 0.3 is 5.97 Å². The van der Waals surface area contributed by atoms with Gasteiger partial charge in [-0.2, -0.15) is 0 Å². The number of ether oxygens (including phenoxy) is 2. The van der Waals surface area contributed by atoms with E-state index in [1.165, 1.54) is 7.11 Å². The quantitative estimate of drug-likeness (QED) is 0.188. The third kappa shape index (κ3) is 4.58. The minimum Gasteiger partial charge on any atom is -0.493 e. The summed E-state index contributed by atoms with van der Waals surface area (Å²) in [7, 11) is 1.52. The van der Waals surface area contributed by atoms with Gasteiger partial charge in [-0.15, -0.1) is 0 Å². The van der Waals surface area contributed by atoms with Crippen molar-refractivity contribution < 1.29 is 18.8 Å². The minimum atomic E-state index is -0.607. The molecule has 0 unspecified atom stereocenters. The molecular weight excluding hydrogens is 426 g/mol. The van der Waals surface area contributed by atoms with Crippen molar-refractivity contribution in [1.29, 1.82) is 0 Å². The Bertz CT molecular complexity index is 1280. The van der Waals surface area contributed by atoms with Crippen LogP contribution < -0.4 is 9.47 Å². The van der Waals surface area contributed by atoms with Crippen molar-refractivity contribution in [3.05, 3.63) is 100 Å². The van der Waals surface area contributed by atoms with Crippen molar-refractivity contribution in [2.75, 3.05) is 7.11 Å². The number of rotatable bonds is 6. The molecular formula is C26H20ClNO4. The van der Waals surface area contributed by atoms with Crippen LogP contribution in [0.25, 0.3) is 23.4 Å². The molecule has 160 valence electrons. The first kappa shape index (κ1) is 21.4. The van der Waals surface area contributed by atoms with E-state index in [0.717, 1.165) is 11.1 Å². The molecule has 0 spiro atoms. The molecule has 0 aliphatic carbocycles. The first-order valence-corrected chi connectivity index (χ1v) is 10.3. The first-order valence-electron chi connectivity index (χ1n) is 9.91. The maximum absolute atomic E-state index is 13.0. The lowest BCUT2D eigenvalue weighted by Crippen LogP contribution is -2.11. The normalized spacial score (nSPS) is 11.0. The van der Waals surface area contributed by atoms with E-state index in [9.17, 15) is 4.79 Å². The Morgan fingerprint density at radius 1 is 0.938 bits per heavy atom. The van der Waals surface area contributed by atoms with Gasteiger partial charge in [0, 0.05) is 5.56 Å². The van der Waals surface area contributed by atoms with Gasteiger partial charge in [0.2, 0.25) is 0 Å². The van der Waals surface area contributed by atoms with E-state index in [-0.39, 0.29) is 5.56 Å². The third-order valence-electron chi connectivity index (χ3n) is 4.85. The monoisotopic (exact) mass is 445 g/mol. The van der Waals surface area contributed by atoms with Crippen molar-refractivity contribution in [3.63, 3.8) is 0 Å². The number of aromatic nitrogens is 1. The largest absolute Gasteiger partial charge is 0.493 e. The molecule has 0 fully saturated rings. The number of esters is 1. The molecule has 6 heteroatoms. The van der Waals surface area contributed by atoms with Gasteiger partial charge in [-0.25, -0.2) is 4.79 Å². The summed E-state index contributed by atoms with van der Waals surface area (Å²) in [5.74, 6) is 0.456. The van der Waals surface area contributed by atoms with Gasteiger partial charge in [0.1, 0.15) is 17.0 Å². The van der Waals surface area contributed by atoms with Crippen LogP contribution in [0.15, 0.2) is 77.3 Å². The summed E-state index contributed by atoms with van der Waals surface area (Å²) in [5, 5.41) is 4.48. The Labute approximate surface area is 190 Å². The topological polar surface area (TPSA) is 61.6 Å². The van der Waals surface area contributed by atoms with Crippen LogP contribution in [0, 0.1) is 6.92 Å². The highest BCUT2D eigenvalue weighted by molar-refractivity contribution is 6.33. The molecule has 0 aliphatic rings. The van der Waals surface area contributed by atoms with Crippen LogP contribution in [0.1, 0.15) is 27.2 Å². The smallest absolute Gasteiger partial charge is 0.349 e. The van der Waals surface area contributed by atoms with Crippen molar-refractivity contribution in [2.24, 2.45) is 0 Å². The average Bonchev–Trinajstić information content (AvgIpc) is 3.20. The van der Waals surface area contributed by atoms with Gasteiger partial charge < -0.3 is 14.0 Å². The second-order valence-corrected chi connectivity index (χ2v) is 7.39. The molecule has 4 aromatic rings. The first-order chi connectivity index (χ1) is 15.6. The summed E-state index contributed by atoms with van der Waals surface area (Å²) in [6.07, 6.45) is 3.96. The van der Waals surface area contributed by atoms with Crippen LogP contribution in [0.2, 0.25) is 5.02 Å². The van der Waals surface area contributed by atoms with E-state index in [0.29, 0.717) is 33.5 Å². The van der Waals surface area contributed by atoms with Crippen LogP contribution in [0.5, 0.6) is 11.5 Å². The fourth-order valence-electron chi connectivity index (χ4n) is 3.23. The fourth-order valence-corrected chi connectivity index (χ4v) is 3.45. The van der Waals surface area contributed by atoms with Gasteiger partial charge in [0.05, 0.1) is 12.1 Å². The SMILES string of the molecule is COc1cc(/C=C/c2ccccc2)ccc1OC(=O)c1c(-c2ccccc2Cl)noc1C. The number of carbonyl (C=O) groups excluding carboxylic acids is 1. The number of halogens is 1. The van der Waals surface area contributed by atoms with E-state index in [2.05, 4.69) is 5.16 Å². The Kier molecular flexibility index (Phi) is 6.38. The lowest BCUT2D eigenvalue weighted by atomic mass is 10.1. The van der Waals surface area contributed by atoms with Gasteiger partial charge in [0.15, 0.2) is 11.5 Å². The lowest BCUT2D eigenvalue weighted by Gasteiger charge is -2.10. The number of nitrogens with zero attached hydrogens (tertiary/aromatic N) is 1. The zero-order valence-corrected chi connectivity index (χ0v) is 18.3.